The minimum atomic E-state index is -2.36. The summed E-state index contributed by atoms with van der Waals surface area (Å²) < 4.78 is 18.1. The van der Waals surface area contributed by atoms with Crippen molar-refractivity contribution in [2.75, 3.05) is 13.2 Å². The maximum absolute atomic E-state index is 6.34. The highest BCUT2D eigenvalue weighted by Crippen LogP contribution is 2.38. The van der Waals surface area contributed by atoms with Gasteiger partial charge in [-0.3, -0.25) is 0 Å². The van der Waals surface area contributed by atoms with E-state index in [1.54, 1.807) is 0 Å². The van der Waals surface area contributed by atoms with Crippen molar-refractivity contribution in [3.63, 3.8) is 0 Å². The predicted octanol–water partition coefficient (Wildman–Crippen LogP) is 3.37. The summed E-state index contributed by atoms with van der Waals surface area (Å²) in [5.74, 6) is 0. The van der Waals surface area contributed by atoms with E-state index in [1.165, 1.54) is 6.42 Å². The summed E-state index contributed by atoms with van der Waals surface area (Å²) in [4.78, 5) is 0. The molecule has 0 radical (unpaired) electrons. The van der Waals surface area contributed by atoms with Crippen LogP contribution >= 0.6 is 0 Å². The highest BCUT2D eigenvalue weighted by atomic mass is 28.4. The average Bonchev–Trinajstić information content (AvgIpc) is 2.30. The molecule has 0 aromatic carbocycles. The molecular formula is C12H26O3Si. The van der Waals surface area contributed by atoms with E-state index in [2.05, 4.69) is 13.8 Å². The van der Waals surface area contributed by atoms with Gasteiger partial charge in [0.1, 0.15) is 0 Å². The first-order valence-electron chi connectivity index (χ1n) is 6.64. The van der Waals surface area contributed by atoms with E-state index >= 15 is 0 Å². The molecule has 1 fully saturated rings. The van der Waals surface area contributed by atoms with Crippen molar-refractivity contribution in [2.24, 2.45) is 0 Å². The van der Waals surface area contributed by atoms with E-state index < -0.39 is 8.80 Å². The van der Waals surface area contributed by atoms with Crippen LogP contribution in [0.5, 0.6) is 0 Å². The minimum absolute atomic E-state index is 0.00874. The SMILES string of the molecule is CCO[Si]1(OCC)CCCC(CC)(CC)O1. The molecule has 0 aromatic heterocycles. The lowest BCUT2D eigenvalue weighted by Crippen LogP contribution is -2.56. The molecule has 0 aliphatic carbocycles. The first-order valence-corrected chi connectivity index (χ1v) is 8.57. The van der Waals surface area contributed by atoms with Gasteiger partial charge in [0, 0.05) is 19.3 Å². The molecule has 0 aromatic rings. The molecule has 0 N–H and O–H groups in total. The molecule has 1 aliphatic rings. The molecule has 3 nitrogen and oxygen atoms in total. The maximum Gasteiger partial charge on any atom is 0.501 e. The van der Waals surface area contributed by atoms with Crippen molar-refractivity contribution < 1.29 is 13.3 Å². The maximum atomic E-state index is 6.34. The predicted molar refractivity (Wildman–Crippen MR) is 67.4 cm³/mol. The first-order chi connectivity index (χ1) is 7.66. The van der Waals surface area contributed by atoms with Gasteiger partial charge in [0.25, 0.3) is 0 Å². The molecule has 4 heteroatoms. The first kappa shape index (κ1) is 14.2. The lowest BCUT2D eigenvalue weighted by Gasteiger charge is -2.44. The van der Waals surface area contributed by atoms with Crippen molar-refractivity contribution in [1.29, 1.82) is 0 Å². The van der Waals surface area contributed by atoms with E-state index in [0.717, 1.165) is 25.3 Å². The number of rotatable bonds is 6. The number of hydrogen-bond acceptors (Lipinski definition) is 3. The smallest absolute Gasteiger partial charge is 0.374 e. The molecule has 0 spiro atoms. The van der Waals surface area contributed by atoms with Gasteiger partial charge in [-0.05, 0) is 39.5 Å². The summed E-state index contributed by atoms with van der Waals surface area (Å²) in [6.07, 6.45) is 4.43. The normalized spacial score (nSPS) is 23.2. The summed E-state index contributed by atoms with van der Waals surface area (Å²) in [5.41, 5.74) is 0.00874. The van der Waals surface area contributed by atoms with Crippen LogP contribution in [0.3, 0.4) is 0 Å². The minimum Gasteiger partial charge on any atom is -0.374 e. The Morgan fingerprint density at radius 1 is 1.06 bits per heavy atom. The number of hydrogen-bond donors (Lipinski definition) is 0. The van der Waals surface area contributed by atoms with E-state index in [-0.39, 0.29) is 5.60 Å². The zero-order chi connectivity index (χ0) is 12.1. The van der Waals surface area contributed by atoms with Crippen LogP contribution in [0.4, 0.5) is 0 Å². The Labute approximate surface area is 101 Å². The third-order valence-electron chi connectivity index (χ3n) is 3.50. The molecule has 0 bridgehead atoms. The third kappa shape index (κ3) is 3.06. The van der Waals surface area contributed by atoms with Gasteiger partial charge in [-0.2, -0.15) is 0 Å². The zero-order valence-electron chi connectivity index (χ0n) is 11.2. The van der Waals surface area contributed by atoms with Gasteiger partial charge >= 0.3 is 8.80 Å². The zero-order valence-corrected chi connectivity index (χ0v) is 12.2. The Hall–Kier alpha value is 0.0969. The van der Waals surface area contributed by atoms with Crippen LogP contribution in [-0.4, -0.2) is 27.6 Å². The highest BCUT2D eigenvalue weighted by molar-refractivity contribution is 6.61. The molecular weight excluding hydrogens is 220 g/mol. The lowest BCUT2D eigenvalue weighted by atomic mass is 9.92. The van der Waals surface area contributed by atoms with Crippen molar-refractivity contribution in [3.8, 4) is 0 Å². The second-order valence-electron chi connectivity index (χ2n) is 4.39. The molecule has 0 amide bonds. The van der Waals surface area contributed by atoms with Crippen LogP contribution < -0.4 is 0 Å². The van der Waals surface area contributed by atoms with E-state index in [0.29, 0.717) is 13.2 Å². The van der Waals surface area contributed by atoms with E-state index in [4.69, 9.17) is 13.3 Å². The van der Waals surface area contributed by atoms with Gasteiger partial charge < -0.3 is 13.3 Å². The Kier molecular flexibility index (Phi) is 5.44. The molecule has 1 aliphatic heterocycles. The van der Waals surface area contributed by atoms with Gasteiger partial charge in [0.2, 0.25) is 0 Å². The lowest BCUT2D eigenvalue weighted by molar-refractivity contribution is -0.0560. The second-order valence-corrected chi connectivity index (χ2v) is 7.04. The fraction of sp³-hybridized carbons (Fsp3) is 1.00. The summed E-state index contributed by atoms with van der Waals surface area (Å²) >= 11 is 0. The third-order valence-corrected chi connectivity index (χ3v) is 6.67. The average molecular weight is 246 g/mol. The second kappa shape index (κ2) is 6.14. The molecule has 0 atom stereocenters. The molecule has 96 valence electrons. The molecule has 0 saturated carbocycles. The quantitative estimate of drug-likeness (QED) is 0.673. The Bertz CT molecular complexity index is 193. The molecule has 0 unspecified atom stereocenters. The summed E-state index contributed by atoms with van der Waals surface area (Å²) in [5, 5.41) is 0. The van der Waals surface area contributed by atoms with Crippen molar-refractivity contribution >= 4 is 8.80 Å². The van der Waals surface area contributed by atoms with Gasteiger partial charge in [-0.25, -0.2) is 0 Å². The van der Waals surface area contributed by atoms with Gasteiger partial charge in [0.05, 0.1) is 5.60 Å². The van der Waals surface area contributed by atoms with Gasteiger partial charge in [-0.15, -0.1) is 0 Å². The fourth-order valence-corrected chi connectivity index (χ4v) is 5.62. The van der Waals surface area contributed by atoms with Crippen molar-refractivity contribution in [3.05, 3.63) is 0 Å². The van der Waals surface area contributed by atoms with Crippen LogP contribution in [0.1, 0.15) is 53.4 Å². The van der Waals surface area contributed by atoms with Crippen molar-refractivity contribution in [2.45, 2.75) is 65.0 Å². The van der Waals surface area contributed by atoms with E-state index in [9.17, 15) is 0 Å². The molecule has 1 heterocycles. The summed E-state index contributed by atoms with van der Waals surface area (Å²) in [6, 6.07) is 0.983. The largest absolute Gasteiger partial charge is 0.501 e. The Balaban J connectivity index is 2.77. The van der Waals surface area contributed by atoms with Crippen LogP contribution in [0.2, 0.25) is 6.04 Å². The summed E-state index contributed by atoms with van der Waals surface area (Å²) in [6.45, 7) is 9.82. The molecule has 16 heavy (non-hydrogen) atoms. The van der Waals surface area contributed by atoms with Crippen LogP contribution in [-0.2, 0) is 13.3 Å². The van der Waals surface area contributed by atoms with Gasteiger partial charge in [-0.1, -0.05) is 13.8 Å². The molecule has 1 rings (SSSR count). The van der Waals surface area contributed by atoms with E-state index in [1.807, 2.05) is 13.8 Å². The van der Waals surface area contributed by atoms with Gasteiger partial charge in [0.15, 0.2) is 0 Å². The molecule has 1 saturated heterocycles. The standard InChI is InChI=1S/C12H26O3Si/c1-5-12(6-2)10-9-11-16(15-12,13-7-3)14-8-4/h5-11H2,1-4H3. The Morgan fingerprint density at radius 3 is 2.06 bits per heavy atom. The van der Waals surface area contributed by atoms with Crippen LogP contribution in [0.15, 0.2) is 0 Å². The van der Waals surface area contributed by atoms with Crippen molar-refractivity contribution in [1.82, 2.24) is 0 Å². The highest BCUT2D eigenvalue weighted by Gasteiger charge is 2.50. The fourth-order valence-electron chi connectivity index (χ4n) is 2.49. The topological polar surface area (TPSA) is 27.7 Å². The summed E-state index contributed by atoms with van der Waals surface area (Å²) in [7, 11) is -2.36. The monoisotopic (exact) mass is 246 g/mol. The van der Waals surface area contributed by atoms with Crippen LogP contribution in [0.25, 0.3) is 0 Å². The Morgan fingerprint density at radius 2 is 1.62 bits per heavy atom. The van der Waals surface area contributed by atoms with Crippen LogP contribution in [0, 0.1) is 0 Å².